The molecule has 2 aromatic heterocycles. The zero-order valence-electron chi connectivity index (χ0n) is 13.6. The van der Waals surface area contributed by atoms with Crippen molar-refractivity contribution in [3.8, 4) is 0 Å². The molecule has 142 valence electrons. The van der Waals surface area contributed by atoms with Gasteiger partial charge in [0.1, 0.15) is 0 Å². The number of halogens is 4. The number of fused-ring (bicyclic) bond motifs is 1. The fourth-order valence-corrected chi connectivity index (χ4v) is 3.64. The number of carbonyl (C=O) groups is 1. The van der Waals surface area contributed by atoms with E-state index in [4.69, 9.17) is 11.6 Å². The molecule has 11 heteroatoms. The minimum atomic E-state index is -4.65. The van der Waals surface area contributed by atoms with Gasteiger partial charge in [-0.25, -0.2) is 18.1 Å². The van der Waals surface area contributed by atoms with Gasteiger partial charge in [0.05, 0.1) is 21.2 Å². The largest absolute Gasteiger partial charge is 0.417 e. The predicted octanol–water partition coefficient (Wildman–Crippen LogP) is 3.43. The summed E-state index contributed by atoms with van der Waals surface area (Å²) < 4.78 is 66.2. The Morgan fingerprint density at radius 3 is 2.44 bits per heavy atom. The predicted molar refractivity (Wildman–Crippen MR) is 91.0 cm³/mol. The highest BCUT2D eigenvalue weighted by Crippen LogP contribution is 2.33. The standard InChI is InChI=1S/C16H11ClF3N3O3S/c1-9-13(15(24)22-27(25,26)11-5-3-2-4-6-11)21-14-12(17)7-10(8-23(9)14)16(18,19)20/h2-8H,1H3,(H,22,24). The van der Waals surface area contributed by atoms with Gasteiger partial charge in [-0.05, 0) is 25.1 Å². The molecule has 0 saturated heterocycles. The summed E-state index contributed by atoms with van der Waals surface area (Å²) in [6.45, 7) is 1.33. The van der Waals surface area contributed by atoms with Crippen LogP contribution in [0.25, 0.3) is 5.65 Å². The number of sulfonamides is 1. The summed E-state index contributed by atoms with van der Waals surface area (Å²) in [5.74, 6) is -1.08. The Balaban J connectivity index is 2.03. The van der Waals surface area contributed by atoms with Crippen molar-refractivity contribution < 1.29 is 26.4 Å². The summed E-state index contributed by atoms with van der Waals surface area (Å²) in [5.41, 5.74) is -1.46. The maximum Gasteiger partial charge on any atom is 0.417 e. The number of hydrogen-bond acceptors (Lipinski definition) is 4. The van der Waals surface area contributed by atoms with Crippen LogP contribution in [0.5, 0.6) is 0 Å². The number of aromatic nitrogens is 2. The summed E-state index contributed by atoms with van der Waals surface area (Å²) in [6.07, 6.45) is -3.90. The molecule has 27 heavy (non-hydrogen) atoms. The van der Waals surface area contributed by atoms with E-state index in [-0.39, 0.29) is 27.0 Å². The number of amides is 1. The first-order valence-electron chi connectivity index (χ1n) is 7.38. The normalized spacial score (nSPS) is 12.3. The quantitative estimate of drug-likeness (QED) is 0.708. The summed E-state index contributed by atoms with van der Waals surface area (Å²) >= 11 is 5.85. The number of nitrogens with one attached hydrogen (secondary N) is 1. The lowest BCUT2D eigenvalue weighted by molar-refractivity contribution is -0.137. The second-order valence-electron chi connectivity index (χ2n) is 5.56. The summed E-state index contributed by atoms with van der Waals surface area (Å²) in [5, 5.41) is -0.321. The van der Waals surface area contributed by atoms with E-state index < -0.39 is 27.7 Å². The summed E-state index contributed by atoms with van der Waals surface area (Å²) in [4.78, 5) is 16.1. The lowest BCUT2D eigenvalue weighted by Gasteiger charge is -2.08. The minimum Gasteiger partial charge on any atom is -0.302 e. The monoisotopic (exact) mass is 417 g/mol. The van der Waals surface area contributed by atoms with Crippen molar-refractivity contribution in [3.63, 3.8) is 0 Å². The highest BCUT2D eigenvalue weighted by atomic mass is 35.5. The maximum atomic E-state index is 13.0. The van der Waals surface area contributed by atoms with E-state index in [1.54, 1.807) is 6.07 Å². The zero-order valence-corrected chi connectivity index (χ0v) is 15.2. The Morgan fingerprint density at radius 2 is 1.85 bits per heavy atom. The average Bonchev–Trinajstić information content (AvgIpc) is 2.92. The number of aryl methyl sites for hydroxylation is 1. The SMILES string of the molecule is Cc1c(C(=O)NS(=O)(=O)c2ccccc2)nc2c(Cl)cc(C(F)(F)F)cn12. The molecule has 0 radical (unpaired) electrons. The number of alkyl halides is 3. The third kappa shape index (κ3) is 3.62. The molecule has 3 rings (SSSR count). The Kier molecular flexibility index (Phi) is 4.64. The van der Waals surface area contributed by atoms with Crippen LogP contribution in [0.3, 0.4) is 0 Å². The number of imidazole rings is 1. The fraction of sp³-hybridized carbons (Fsp3) is 0.125. The molecule has 2 heterocycles. The molecule has 1 N–H and O–H groups in total. The maximum absolute atomic E-state index is 13.0. The molecule has 1 aromatic carbocycles. The van der Waals surface area contributed by atoms with Gasteiger partial charge >= 0.3 is 6.18 Å². The molecule has 0 unspecified atom stereocenters. The van der Waals surface area contributed by atoms with E-state index in [0.29, 0.717) is 6.07 Å². The van der Waals surface area contributed by atoms with E-state index in [1.807, 2.05) is 4.72 Å². The Labute approximate surface area is 156 Å². The van der Waals surface area contributed by atoms with Crippen molar-refractivity contribution in [3.05, 3.63) is 64.6 Å². The van der Waals surface area contributed by atoms with Crippen LogP contribution in [0.1, 0.15) is 21.7 Å². The first-order chi connectivity index (χ1) is 12.5. The lowest BCUT2D eigenvalue weighted by atomic mass is 10.2. The topological polar surface area (TPSA) is 80.5 Å². The van der Waals surface area contributed by atoms with E-state index >= 15 is 0 Å². The third-order valence-corrected chi connectivity index (χ3v) is 5.36. The second kappa shape index (κ2) is 6.54. The summed E-state index contributed by atoms with van der Waals surface area (Å²) in [6, 6.07) is 7.83. The van der Waals surface area contributed by atoms with Crippen LogP contribution in [0.4, 0.5) is 13.2 Å². The van der Waals surface area contributed by atoms with Gasteiger partial charge in [0.25, 0.3) is 15.9 Å². The van der Waals surface area contributed by atoms with E-state index in [2.05, 4.69) is 4.98 Å². The number of hydrogen-bond donors (Lipinski definition) is 1. The molecule has 0 atom stereocenters. The van der Waals surface area contributed by atoms with Gasteiger partial charge in [-0.2, -0.15) is 13.2 Å². The Hall–Kier alpha value is -2.59. The van der Waals surface area contributed by atoms with Gasteiger partial charge in [-0.3, -0.25) is 4.79 Å². The Morgan fingerprint density at radius 1 is 1.22 bits per heavy atom. The number of carbonyl (C=O) groups excluding carboxylic acids is 1. The van der Waals surface area contributed by atoms with Crippen molar-refractivity contribution in [2.24, 2.45) is 0 Å². The van der Waals surface area contributed by atoms with E-state index in [9.17, 15) is 26.4 Å². The van der Waals surface area contributed by atoms with Gasteiger partial charge in [-0.15, -0.1) is 0 Å². The molecule has 3 aromatic rings. The zero-order chi connectivity index (χ0) is 20.0. The van der Waals surface area contributed by atoms with Crippen LogP contribution in [0, 0.1) is 6.92 Å². The highest BCUT2D eigenvalue weighted by molar-refractivity contribution is 7.90. The summed E-state index contributed by atoms with van der Waals surface area (Å²) in [7, 11) is -4.17. The Bertz CT molecular complexity index is 1140. The first kappa shape index (κ1) is 19.2. The molecule has 0 aliphatic heterocycles. The average molecular weight is 418 g/mol. The number of rotatable bonds is 3. The molecular formula is C16H11ClF3N3O3S. The van der Waals surface area contributed by atoms with Gasteiger partial charge in [0, 0.05) is 6.20 Å². The smallest absolute Gasteiger partial charge is 0.302 e. The van der Waals surface area contributed by atoms with Gasteiger partial charge in [-0.1, -0.05) is 29.8 Å². The van der Waals surface area contributed by atoms with Gasteiger partial charge in [0.15, 0.2) is 11.3 Å². The highest BCUT2D eigenvalue weighted by Gasteiger charge is 2.33. The van der Waals surface area contributed by atoms with Crippen LogP contribution < -0.4 is 4.72 Å². The number of nitrogens with zero attached hydrogens (tertiary/aromatic N) is 2. The van der Waals surface area contributed by atoms with Crippen LogP contribution in [-0.4, -0.2) is 23.7 Å². The molecule has 6 nitrogen and oxygen atoms in total. The van der Waals surface area contributed by atoms with Crippen LogP contribution in [0.15, 0.2) is 47.5 Å². The molecule has 0 fully saturated rings. The van der Waals surface area contributed by atoms with Crippen LogP contribution in [-0.2, 0) is 16.2 Å². The van der Waals surface area contributed by atoms with Gasteiger partial charge < -0.3 is 4.40 Å². The van der Waals surface area contributed by atoms with E-state index in [1.165, 1.54) is 31.2 Å². The molecule has 1 amide bonds. The molecule has 0 saturated carbocycles. The lowest BCUT2D eigenvalue weighted by Crippen LogP contribution is -2.31. The fourth-order valence-electron chi connectivity index (χ4n) is 2.42. The number of pyridine rings is 1. The van der Waals surface area contributed by atoms with Crippen LogP contribution >= 0.6 is 11.6 Å². The van der Waals surface area contributed by atoms with Crippen molar-refractivity contribution in [1.29, 1.82) is 0 Å². The van der Waals surface area contributed by atoms with Gasteiger partial charge in [0.2, 0.25) is 0 Å². The molecule has 0 aliphatic carbocycles. The first-order valence-corrected chi connectivity index (χ1v) is 9.24. The van der Waals surface area contributed by atoms with Crippen molar-refractivity contribution >= 4 is 33.2 Å². The molecule has 0 bridgehead atoms. The molecular weight excluding hydrogens is 407 g/mol. The molecule has 0 aliphatic rings. The van der Waals surface area contributed by atoms with Crippen molar-refractivity contribution in [2.75, 3.05) is 0 Å². The minimum absolute atomic E-state index is 0.0127. The van der Waals surface area contributed by atoms with Crippen molar-refractivity contribution in [2.45, 2.75) is 18.0 Å². The van der Waals surface area contributed by atoms with Crippen molar-refractivity contribution in [1.82, 2.24) is 14.1 Å². The third-order valence-electron chi connectivity index (χ3n) is 3.74. The number of benzene rings is 1. The van der Waals surface area contributed by atoms with Crippen LogP contribution in [0.2, 0.25) is 5.02 Å². The van der Waals surface area contributed by atoms with E-state index in [0.717, 1.165) is 10.6 Å². The molecule has 0 spiro atoms. The second-order valence-corrected chi connectivity index (χ2v) is 7.65.